The van der Waals surface area contributed by atoms with Crippen LogP contribution in [0, 0.1) is 11.3 Å². The van der Waals surface area contributed by atoms with Gasteiger partial charge in [0.1, 0.15) is 11.6 Å². The number of hydrogen-bond acceptors (Lipinski definition) is 4. The molecule has 0 atom stereocenters. The summed E-state index contributed by atoms with van der Waals surface area (Å²) in [5.74, 6) is -0.184. The molecule has 0 fully saturated rings. The molecule has 0 aromatic heterocycles. The largest absolute Gasteiger partial charge is 0.504 e. The molecule has 0 heterocycles. The molecule has 0 saturated heterocycles. The number of carbonyl (C=O) groups is 1. The van der Waals surface area contributed by atoms with Crippen molar-refractivity contribution >= 4 is 33.6 Å². The van der Waals surface area contributed by atoms with Gasteiger partial charge in [-0.25, -0.2) is 0 Å². The van der Waals surface area contributed by atoms with Crippen molar-refractivity contribution in [3.05, 3.63) is 70.2 Å². The van der Waals surface area contributed by atoms with E-state index in [-0.39, 0.29) is 11.3 Å². The fourth-order valence-electron chi connectivity index (χ4n) is 2.40. The number of phenols is 1. The van der Waals surface area contributed by atoms with Gasteiger partial charge >= 0.3 is 0 Å². The monoisotopic (exact) mass is 426 g/mol. The van der Waals surface area contributed by atoms with Crippen molar-refractivity contribution in [3.8, 4) is 17.6 Å². The van der Waals surface area contributed by atoms with Gasteiger partial charge in [-0.1, -0.05) is 22.0 Å². The first kappa shape index (κ1) is 20.3. The first-order valence-electron chi connectivity index (χ1n) is 8.26. The lowest BCUT2D eigenvalue weighted by molar-refractivity contribution is -0.112. The zero-order valence-corrected chi connectivity index (χ0v) is 16.4. The summed E-state index contributed by atoms with van der Waals surface area (Å²) in [7, 11) is 0. The van der Waals surface area contributed by atoms with Crippen molar-refractivity contribution in [2.45, 2.75) is 13.3 Å². The van der Waals surface area contributed by atoms with Crippen LogP contribution in [0.25, 0.3) is 6.08 Å². The summed E-state index contributed by atoms with van der Waals surface area (Å²) in [5, 5.41) is 22.3. The van der Waals surface area contributed by atoms with Crippen LogP contribution in [0.3, 0.4) is 0 Å². The van der Waals surface area contributed by atoms with E-state index in [0.29, 0.717) is 35.6 Å². The smallest absolute Gasteiger partial charge is 0.266 e. The second-order valence-corrected chi connectivity index (χ2v) is 6.50. The van der Waals surface area contributed by atoms with Gasteiger partial charge in [-0.3, -0.25) is 4.79 Å². The minimum atomic E-state index is -0.517. The Bertz CT molecular complexity index is 912. The third kappa shape index (κ3) is 5.47. The molecule has 5 nitrogen and oxygen atoms in total. The molecular weight excluding hydrogens is 408 g/mol. The zero-order chi connectivity index (χ0) is 19.8. The highest BCUT2D eigenvalue weighted by atomic mass is 79.9. The van der Waals surface area contributed by atoms with Crippen molar-refractivity contribution in [1.82, 2.24) is 0 Å². The number of hydrogen-bond donors (Lipinski definition) is 2. The number of allylic oxidation sites excluding steroid dienone is 1. The summed E-state index contributed by atoms with van der Waals surface area (Å²) in [4.78, 5) is 12.4. The van der Waals surface area contributed by atoms with E-state index in [1.54, 1.807) is 42.5 Å². The summed E-state index contributed by atoms with van der Waals surface area (Å²) >= 11 is 3.33. The van der Waals surface area contributed by atoms with E-state index in [1.807, 2.05) is 13.0 Å². The maximum absolute atomic E-state index is 12.4. The van der Waals surface area contributed by atoms with Gasteiger partial charge in [0.25, 0.3) is 5.91 Å². The Hall–Kier alpha value is -3.04. The molecule has 0 bridgehead atoms. The van der Waals surface area contributed by atoms with Gasteiger partial charge in [0.05, 0.1) is 6.61 Å². The molecule has 2 aromatic carbocycles. The number of nitrogens with zero attached hydrogens (tertiary/aromatic N) is 1. The normalized spacial score (nSPS) is 10.8. The minimum absolute atomic E-state index is 0.0340. The number of phenolic OH excluding ortho intramolecular Hbond substituents is 1. The minimum Gasteiger partial charge on any atom is -0.504 e. The predicted molar refractivity (Wildman–Crippen MR) is 110 cm³/mol. The van der Waals surface area contributed by atoms with Crippen molar-refractivity contribution in [3.63, 3.8) is 0 Å². The van der Waals surface area contributed by atoms with Crippen molar-refractivity contribution in [2.24, 2.45) is 0 Å². The Morgan fingerprint density at radius 2 is 2.07 bits per heavy atom. The molecule has 0 aliphatic heterocycles. The van der Waals surface area contributed by atoms with E-state index in [2.05, 4.69) is 27.8 Å². The summed E-state index contributed by atoms with van der Waals surface area (Å²) in [6, 6.07) is 12.3. The van der Waals surface area contributed by atoms with Gasteiger partial charge in [0.2, 0.25) is 0 Å². The van der Waals surface area contributed by atoms with Crippen molar-refractivity contribution in [2.75, 3.05) is 11.9 Å². The number of ether oxygens (including phenoxy) is 1. The van der Waals surface area contributed by atoms with Crippen LogP contribution in [0.5, 0.6) is 11.5 Å². The summed E-state index contributed by atoms with van der Waals surface area (Å²) < 4.78 is 6.33. The van der Waals surface area contributed by atoms with Gasteiger partial charge < -0.3 is 15.2 Å². The third-order valence-corrected chi connectivity index (χ3v) is 4.15. The van der Waals surface area contributed by atoms with Crippen LogP contribution in [0.4, 0.5) is 5.69 Å². The lowest BCUT2D eigenvalue weighted by atomic mass is 10.0. The van der Waals surface area contributed by atoms with Crippen LogP contribution in [0.2, 0.25) is 0 Å². The average molecular weight is 427 g/mol. The molecule has 0 saturated carbocycles. The zero-order valence-electron chi connectivity index (χ0n) is 14.8. The second kappa shape index (κ2) is 9.60. The van der Waals surface area contributed by atoms with Gasteiger partial charge in [0, 0.05) is 15.7 Å². The highest BCUT2D eigenvalue weighted by Crippen LogP contribution is 2.33. The molecule has 1 amide bonds. The Morgan fingerprint density at radius 3 is 2.67 bits per heavy atom. The number of nitrogens with one attached hydrogen (secondary N) is 1. The average Bonchev–Trinajstić information content (AvgIpc) is 2.65. The van der Waals surface area contributed by atoms with Crippen molar-refractivity contribution < 1.29 is 14.6 Å². The quantitative estimate of drug-likeness (QED) is 0.377. The molecule has 27 heavy (non-hydrogen) atoms. The number of aromatic hydroxyl groups is 1. The number of amides is 1. The number of rotatable bonds is 7. The SMILES string of the molecule is C=CCc1cc(/C=C(/C#N)C(=O)Nc2ccc(Br)cc2)cc(OCC)c1O. The topological polar surface area (TPSA) is 82.4 Å². The highest BCUT2D eigenvalue weighted by molar-refractivity contribution is 9.10. The molecule has 2 rings (SSSR count). The van der Waals surface area contributed by atoms with Crippen LogP contribution in [0.15, 0.2) is 59.1 Å². The summed E-state index contributed by atoms with van der Waals surface area (Å²) in [6.07, 6.45) is 3.55. The molecule has 0 aliphatic rings. The molecule has 2 N–H and O–H groups in total. The fourth-order valence-corrected chi connectivity index (χ4v) is 2.66. The lowest BCUT2D eigenvalue weighted by Crippen LogP contribution is -2.13. The maximum Gasteiger partial charge on any atom is 0.266 e. The van der Waals surface area contributed by atoms with E-state index >= 15 is 0 Å². The number of carbonyl (C=O) groups excluding carboxylic acids is 1. The van der Waals surface area contributed by atoms with Crippen LogP contribution >= 0.6 is 15.9 Å². The van der Waals surface area contributed by atoms with Crippen LogP contribution in [-0.2, 0) is 11.2 Å². The second-order valence-electron chi connectivity index (χ2n) is 5.58. The summed E-state index contributed by atoms with van der Waals surface area (Å²) in [5.41, 5.74) is 1.71. The van der Waals surface area contributed by atoms with E-state index in [0.717, 1.165) is 4.47 Å². The fraction of sp³-hybridized carbons (Fsp3) is 0.143. The molecule has 0 spiro atoms. The summed E-state index contributed by atoms with van der Waals surface area (Å²) in [6.45, 7) is 5.86. The Morgan fingerprint density at radius 1 is 1.37 bits per heavy atom. The van der Waals surface area contributed by atoms with E-state index in [4.69, 9.17) is 4.74 Å². The third-order valence-electron chi connectivity index (χ3n) is 3.62. The van der Waals surface area contributed by atoms with Crippen LogP contribution in [0.1, 0.15) is 18.1 Å². The molecular formula is C21H19BrN2O3. The number of benzene rings is 2. The van der Waals surface area contributed by atoms with Crippen LogP contribution in [-0.4, -0.2) is 17.6 Å². The van der Waals surface area contributed by atoms with E-state index in [1.165, 1.54) is 6.08 Å². The van der Waals surface area contributed by atoms with Gasteiger partial charge in [-0.15, -0.1) is 6.58 Å². The molecule has 2 aromatic rings. The van der Waals surface area contributed by atoms with Gasteiger partial charge in [-0.05, 0) is 61.4 Å². The highest BCUT2D eigenvalue weighted by Gasteiger charge is 2.13. The Balaban J connectivity index is 2.35. The van der Waals surface area contributed by atoms with Crippen LogP contribution < -0.4 is 10.1 Å². The predicted octanol–water partition coefficient (Wildman–Crippen LogP) is 4.83. The Labute approximate surface area is 166 Å². The molecule has 0 radical (unpaired) electrons. The lowest BCUT2D eigenvalue weighted by Gasteiger charge is -2.11. The first-order chi connectivity index (χ1) is 13.0. The standard InChI is InChI=1S/C21H19BrN2O3/c1-3-5-15-10-14(12-19(20(15)25)27-4-2)11-16(13-23)21(26)24-18-8-6-17(22)7-9-18/h3,6-12,25H,1,4-5H2,2H3,(H,24,26)/b16-11-. The first-order valence-corrected chi connectivity index (χ1v) is 9.06. The van der Waals surface area contributed by atoms with Gasteiger partial charge in [0.15, 0.2) is 11.5 Å². The Kier molecular flexibility index (Phi) is 7.21. The molecule has 138 valence electrons. The van der Waals surface area contributed by atoms with E-state index < -0.39 is 5.91 Å². The number of halogens is 1. The number of anilines is 1. The molecule has 0 aliphatic carbocycles. The molecule has 0 unspecified atom stereocenters. The van der Waals surface area contributed by atoms with Gasteiger partial charge in [-0.2, -0.15) is 5.26 Å². The van der Waals surface area contributed by atoms with E-state index in [9.17, 15) is 15.2 Å². The van der Waals surface area contributed by atoms with Crippen molar-refractivity contribution in [1.29, 1.82) is 5.26 Å². The maximum atomic E-state index is 12.4. The molecule has 6 heteroatoms. The number of nitriles is 1.